The van der Waals surface area contributed by atoms with Gasteiger partial charge in [0.25, 0.3) is 5.56 Å². The Labute approximate surface area is 227 Å². The fraction of sp³-hybridized carbons (Fsp3) is 0.167. The third kappa shape index (κ3) is 3.79. The van der Waals surface area contributed by atoms with E-state index in [-0.39, 0.29) is 5.56 Å². The van der Waals surface area contributed by atoms with Gasteiger partial charge in [-0.05, 0) is 61.4 Å². The molecule has 0 amide bonds. The Balaban J connectivity index is 1.53. The number of benzene rings is 2. The van der Waals surface area contributed by atoms with E-state index in [1.807, 2.05) is 29.7 Å². The van der Waals surface area contributed by atoms with Crippen LogP contribution in [0.3, 0.4) is 0 Å². The number of fused-ring (bicyclic) bond motifs is 2. The minimum atomic E-state index is -0.566. The molecule has 0 N–H and O–H groups in total. The van der Waals surface area contributed by atoms with Gasteiger partial charge in [0.1, 0.15) is 6.04 Å². The van der Waals surface area contributed by atoms with E-state index in [4.69, 9.17) is 4.74 Å². The summed E-state index contributed by atoms with van der Waals surface area (Å²) in [6, 6.07) is 20.0. The molecule has 0 saturated carbocycles. The van der Waals surface area contributed by atoms with Crippen LogP contribution in [0.4, 0.5) is 0 Å². The SMILES string of the molecule is COC(=O)C1=C(C)N=c2sc(=Cc3cc(C)n(-c4cccc5ccccc45)c3C)c(=O)n2C1c1cccs1. The number of methoxy groups -OCH3 is 1. The van der Waals surface area contributed by atoms with E-state index in [0.717, 1.165) is 27.5 Å². The first-order valence-corrected chi connectivity index (χ1v) is 13.9. The number of ether oxygens (including phenoxy) is 1. The summed E-state index contributed by atoms with van der Waals surface area (Å²) in [5.41, 5.74) is 4.99. The van der Waals surface area contributed by atoms with Crippen LogP contribution in [0.5, 0.6) is 0 Å². The maximum absolute atomic E-state index is 13.8. The van der Waals surface area contributed by atoms with Crippen molar-refractivity contribution in [3.8, 4) is 5.69 Å². The zero-order chi connectivity index (χ0) is 26.6. The summed E-state index contributed by atoms with van der Waals surface area (Å²) in [5.74, 6) is -0.474. The van der Waals surface area contributed by atoms with Crippen LogP contribution in [0, 0.1) is 13.8 Å². The van der Waals surface area contributed by atoms with Gasteiger partial charge in [-0.1, -0.05) is 53.8 Å². The molecule has 3 aromatic heterocycles. The van der Waals surface area contributed by atoms with Gasteiger partial charge >= 0.3 is 5.97 Å². The van der Waals surface area contributed by atoms with E-state index >= 15 is 0 Å². The van der Waals surface area contributed by atoms with E-state index in [2.05, 4.69) is 65.9 Å². The maximum atomic E-state index is 13.8. The largest absolute Gasteiger partial charge is 0.466 e. The molecule has 0 bridgehead atoms. The van der Waals surface area contributed by atoms with Gasteiger partial charge < -0.3 is 9.30 Å². The average Bonchev–Trinajstić information content (AvgIpc) is 3.62. The standard InChI is InChI=1S/C30H25N3O3S2/c1-17-15-21(19(3)32(17)23-12-7-10-20-9-5-6-11-22(20)23)16-25-28(34)33-27(24-13-8-14-37-24)26(29(35)36-4)18(2)31-30(33)38-25/h5-16,27H,1-4H3. The van der Waals surface area contributed by atoms with Crippen LogP contribution in [-0.4, -0.2) is 22.2 Å². The first-order valence-electron chi connectivity index (χ1n) is 12.2. The number of hydrogen-bond donors (Lipinski definition) is 0. The number of aryl methyl sites for hydroxylation is 1. The highest BCUT2D eigenvalue weighted by atomic mass is 32.1. The van der Waals surface area contributed by atoms with Gasteiger partial charge in [-0.2, -0.15) is 0 Å². The molecule has 8 heteroatoms. The number of allylic oxidation sites excluding steroid dienone is 1. The number of thiophene rings is 1. The molecule has 0 fully saturated rings. The van der Waals surface area contributed by atoms with Crippen LogP contribution >= 0.6 is 22.7 Å². The van der Waals surface area contributed by atoms with Crippen molar-refractivity contribution in [3.05, 3.63) is 119 Å². The van der Waals surface area contributed by atoms with Crippen LogP contribution in [0.2, 0.25) is 0 Å². The summed E-state index contributed by atoms with van der Waals surface area (Å²) in [6.45, 7) is 5.95. The summed E-state index contributed by atoms with van der Waals surface area (Å²) in [6.07, 6.45) is 1.94. The van der Waals surface area contributed by atoms with Gasteiger partial charge in [0.15, 0.2) is 4.80 Å². The molecule has 0 aliphatic carbocycles. The lowest BCUT2D eigenvalue weighted by Gasteiger charge is -2.22. The van der Waals surface area contributed by atoms with Crippen molar-refractivity contribution in [3.63, 3.8) is 0 Å². The van der Waals surface area contributed by atoms with Gasteiger partial charge in [0.05, 0.1) is 28.6 Å². The molecule has 38 heavy (non-hydrogen) atoms. The van der Waals surface area contributed by atoms with Crippen LogP contribution < -0.4 is 14.9 Å². The second-order valence-corrected chi connectivity index (χ2v) is 11.2. The molecule has 1 unspecified atom stereocenters. The minimum absolute atomic E-state index is 0.170. The highest BCUT2D eigenvalue weighted by Gasteiger charge is 2.33. The monoisotopic (exact) mass is 539 g/mol. The average molecular weight is 540 g/mol. The van der Waals surface area contributed by atoms with E-state index in [1.54, 1.807) is 11.5 Å². The molecule has 1 aliphatic rings. The van der Waals surface area contributed by atoms with Gasteiger partial charge in [0.2, 0.25) is 0 Å². The van der Waals surface area contributed by atoms with Crippen molar-refractivity contribution in [2.24, 2.45) is 4.99 Å². The second-order valence-electron chi connectivity index (χ2n) is 9.25. The van der Waals surface area contributed by atoms with Crippen LogP contribution in [-0.2, 0) is 9.53 Å². The molecule has 4 heterocycles. The number of carbonyl (C=O) groups is 1. The molecular weight excluding hydrogens is 514 g/mol. The summed E-state index contributed by atoms with van der Waals surface area (Å²) in [5, 5.41) is 4.29. The van der Waals surface area contributed by atoms with Gasteiger partial charge in [-0.15, -0.1) is 11.3 Å². The van der Waals surface area contributed by atoms with Crippen LogP contribution in [0.25, 0.3) is 22.5 Å². The number of carbonyl (C=O) groups excluding carboxylic acids is 1. The summed E-state index contributed by atoms with van der Waals surface area (Å²) >= 11 is 2.85. The Morgan fingerprint density at radius 1 is 1.05 bits per heavy atom. The van der Waals surface area contributed by atoms with E-state index in [9.17, 15) is 9.59 Å². The normalized spacial score (nSPS) is 15.6. The highest BCUT2D eigenvalue weighted by molar-refractivity contribution is 7.10. The molecule has 6 rings (SSSR count). The third-order valence-electron chi connectivity index (χ3n) is 7.00. The lowest BCUT2D eigenvalue weighted by molar-refractivity contribution is -0.136. The smallest absolute Gasteiger partial charge is 0.338 e. The zero-order valence-corrected chi connectivity index (χ0v) is 23.0. The second kappa shape index (κ2) is 9.38. The van der Waals surface area contributed by atoms with Crippen molar-refractivity contribution in [1.29, 1.82) is 0 Å². The third-order valence-corrected chi connectivity index (χ3v) is 8.91. The molecule has 2 aromatic carbocycles. The van der Waals surface area contributed by atoms with Crippen molar-refractivity contribution >= 4 is 45.5 Å². The Kier molecular flexibility index (Phi) is 6.01. The summed E-state index contributed by atoms with van der Waals surface area (Å²) in [7, 11) is 1.35. The van der Waals surface area contributed by atoms with E-state index < -0.39 is 12.0 Å². The van der Waals surface area contributed by atoms with Gasteiger partial charge in [-0.3, -0.25) is 9.36 Å². The zero-order valence-electron chi connectivity index (χ0n) is 21.4. The summed E-state index contributed by atoms with van der Waals surface area (Å²) in [4.78, 5) is 32.7. The molecule has 0 saturated heterocycles. The first-order chi connectivity index (χ1) is 18.4. The fourth-order valence-corrected chi connectivity index (χ4v) is 7.12. The fourth-order valence-electron chi connectivity index (χ4n) is 5.26. The number of thiazole rings is 1. The molecular formula is C30H25N3O3S2. The van der Waals surface area contributed by atoms with E-state index in [1.165, 1.54) is 40.6 Å². The topological polar surface area (TPSA) is 65.6 Å². The first kappa shape index (κ1) is 24.3. The van der Waals surface area contributed by atoms with E-state index in [0.29, 0.717) is 20.6 Å². The number of aromatic nitrogens is 2. The van der Waals surface area contributed by atoms with Crippen molar-refractivity contribution in [1.82, 2.24) is 9.13 Å². The molecule has 0 radical (unpaired) electrons. The van der Waals surface area contributed by atoms with Crippen LogP contribution in [0.15, 0.2) is 87.1 Å². The van der Waals surface area contributed by atoms with Crippen molar-refractivity contribution in [2.75, 3.05) is 7.11 Å². The molecule has 0 spiro atoms. The van der Waals surface area contributed by atoms with Crippen molar-refractivity contribution < 1.29 is 9.53 Å². The molecule has 5 aromatic rings. The predicted molar refractivity (Wildman–Crippen MR) is 153 cm³/mol. The maximum Gasteiger partial charge on any atom is 0.338 e. The molecule has 1 aliphatic heterocycles. The number of esters is 1. The Bertz CT molecular complexity index is 1930. The quantitative estimate of drug-likeness (QED) is 0.301. The highest BCUT2D eigenvalue weighted by Crippen LogP contribution is 2.33. The Morgan fingerprint density at radius 3 is 2.61 bits per heavy atom. The molecule has 1 atom stereocenters. The Hall–Kier alpha value is -4.01. The summed E-state index contributed by atoms with van der Waals surface area (Å²) < 4.78 is 9.51. The lowest BCUT2D eigenvalue weighted by atomic mass is 10.0. The van der Waals surface area contributed by atoms with Gasteiger partial charge in [-0.25, -0.2) is 9.79 Å². The minimum Gasteiger partial charge on any atom is -0.466 e. The Morgan fingerprint density at radius 2 is 1.84 bits per heavy atom. The van der Waals surface area contributed by atoms with Gasteiger partial charge in [0, 0.05) is 21.7 Å². The molecule has 6 nitrogen and oxygen atoms in total. The van der Waals surface area contributed by atoms with Crippen molar-refractivity contribution in [2.45, 2.75) is 26.8 Å². The molecule has 190 valence electrons. The lowest BCUT2D eigenvalue weighted by Crippen LogP contribution is -2.39. The number of nitrogens with zero attached hydrogens (tertiary/aromatic N) is 3. The predicted octanol–water partition coefficient (Wildman–Crippen LogP) is 5.03. The number of rotatable bonds is 4. The van der Waals surface area contributed by atoms with Crippen LogP contribution in [0.1, 0.15) is 34.8 Å². The number of hydrogen-bond acceptors (Lipinski definition) is 6.